The molecule has 140 valence electrons. The fourth-order valence-corrected chi connectivity index (χ4v) is 3.83. The van der Waals surface area contributed by atoms with E-state index in [4.69, 9.17) is 4.74 Å². The number of benzene rings is 2. The molecule has 1 heterocycles. The van der Waals surface area contributed by atoms with Gasteiger partial charge in [0.2, 0.25) is 5.75 Å². The Morgan fingerprint density at radius 1 is 1.22 bits per heavy atom. The van der Waals surface area contributed by atoms with Crippen molar-refractivity contribution < 1.29 is 23.2 Å². The van der Waals surface area contributed by atoms with Crippen molar-refractivity contribution in [2.75, 3.05) is 7.11 Å². The molecule has 0 unspecified atom stereocenters. The SMILES string of the molecule is COc1cc(-c2nccn2S(=O)(=O)c2ccc(C)cc2)cc([N+](=O)[O-])c1O. The van der Waals surface area contributed by atoms with Gasteiger partial charge in [-0.15, -0.1) is 0 Å². The van der Waals surface area contributed by atoms with E-state index in [0.717, 1.165) is 15.6 Å². The van der Waals surface area contributed by atoms with Crippen molar-refractivity contribution in [3.8, 4) is 22.9 Å². The van der Waals surface area contributed by atoms with E-state index in [-0.39, 0.29) is 22.0 Å². The molecule has 0 aliphatic heterocycles. The summed E-state index contributed by atoms with van der Waals surface area (Å²) in [6, 6.07) is 8.59. The second kappa shape index (κ2) is 6.72. The minimum absolute atomic E-state index is 0.0445. The molecule has 1 aromatic heterocycles. The van der Waals surface area contributed by atoms with Crippen LogP contribution in [0.15, 0.2) is 53.7 Å². The molecule has 10 heteroatoms. The third-order valence-electron chi connectivity index (χ3n) is 3.92. The molecule has 0 aliphatic rings. The van der Waals surface area contributed by atoms with Gasteiger partial charge >= 0.3 is 5.69 Å². The number of rotatable bonds is 5. The maximum atomic E-state index is 12.9. The molecule has 1 N–H and O–H groups in total. The number of methoxy groups -OCH3 is 1. The topological polar surface area (TPSA) is 125 Å². The highest BCUT2D eigenvalue weighted by Gasteiger charge is 2.25. The van der Waals surface area contributed by atoms with Gasteiger partial charge in [-0.1, -0.05) is 17.7 Å². The first-order valence-electron chi connectivity index (χ1n) is 7.67. The highest BCUT2D eigenvalue weighted by Crippen LogP contribution is 2.40. The fourth-order valence-electron chi connectivity index (χ4n) is 2.53. The van der Waals surface area contributed by atoms with Crippen molar-refractivity contribution >= 4 is 15.7 Å². The zero-order chi connectivity index (χ0) is 19.8. The number of imidazole rings is 1. The first-order chi connectivity index (χ1) is 12.8. The molecule has 0 atom stereocenters. The number of nitro groups is 1. The Labute approximate surface area is 154 Å². The number of nitrogens with zero attached hydrogens (tertiary/aromatic N) is 3. The van der Waals surface area contributed by atoms with Gasteiger partial charge in [-0.2, -0.15) is 0 Å². The van der Waals surface area contributed by atoms with Gasteiger partial charge in [-0.05, 0) is 25.1 Å². The standard InChI is InChI=1S/C17H15N3O6S/c1-11-3-5-13(6-4-11)27(24,25)19-8-7-18-17(19)12-9-14(20(22)23)16(21)15(10-12)26-2/h3-10,21H,1-2H3. The molecule has 3 aromatic rings. The Balaban J connectivity index is 2.20. The lowest BCUT2D eigenvalue weighted by Gasteiger charge is -2.11. The zero-order valence-electron chi connectivity index (χ0n) is 14.4. The fraction of sp³-hybridized carbons (Fsp3) is 0.118. The maximum absolute atomic E-state index is 12.9. The lowest BCUT2D eigenvalue weighted by atomic mass is 10.1. The molecule has 0 saturated heterocycles. The van der Waals surface area contributed by atoms with Gasteiger partial charge in [0.1, 0.15) is 0 Å². The molecule has 0 amide bonds. The molecule has 27 heavy (non-hydrogen) atoms. The summed E-state index contributed by atoms with van der Waals surface area (Å²) in [4.78, 5) is 14.5. The van der Waals surface area contributed by atoms with Crippen LogP contribution in [0.25, 0.3) is 11.4 Å². The van der Waals surface area contributed by atoms with E-state index < -0.39 is 26.4 Å². The number of phenols is 1. The van der Waals surface area contributed by atoms with Crippen molar-refractivity contribution in [3.05, 3.63) is 64.5 Å². The minimum Gasteiger partial charge on any atom is -0.500 e. The molecule has 0 spiro atoms. The normalized spacial score (nSPS) is 11.3. The summed E-state index contributed by atoms with van der Waals surface area (Å²) < 4.78 is 31.8. The minimum atomic E-state index is -3.97. The van der Waals surface area contributed by atoms with Gasteiger partial charge in [0.15, 0.2) is 11.6 Å². The second-order valence-electron chi connectivity index (χ2n) is 5.67. The van der Waals surface area contributed by atoms with Crippen molar-refractivity contribution in [2.45, 2.75) is 11.8 Å². The van der Waals surface area contributed by atoms with Gasteiger partial charge in [0.25, 0.3) is 10.0 Å². The summed E-state index contributed by atoms with van der Waals surface area (Å²) in [6.07, 6.45) is 2.52. The van der Waals surface area contributed by atoms with Crippen LogP contribution in [0.1, 0.15) is 5.56 Å². The Morgan fingerprint density at radius 2 is 1.89 bits per heavy atom. The Hall–Kier alpha value is -3.40. The van der Waals surface area contributed by atoms with E-state index >= 15 is 0 Å². The van der Waals surface area contributed by atoms with E-state index in [2.05, 4.69) is 4.98 Å². The number of aromatic nitrogens is 2. The average molecular weight is 389 g/mol. The predicted octanol–water partition coefficient (Wildman–Crippen LogP) is 2.72. The van der Waals surface area contributed by atoms with E-state index in [0.29, 0.717) is 0 Å². The molecule has 0 fully saturated rings. The smallest absolute Gasteiger partial charge is 0.315 e. The summed E-state index contributed by atoms with van der Waals surface area (Å²) in [5, 5.41) is 21.1. The molecule has 0 saturated carbocycles. The largest absolute Gasteiger partial charge is 0.500 e. The molecular weight excluding hydrogens is 374 g/mol. The summed E-state index contributed by atoms with van der Waals surface area (Å²) in [7, 11) is -2.74. The molecule has 0 radical (unpaired) electrons. The third-order valence-corrected chi connectivity index (χ3v) is 5.60. The Kier molecular flexibility index (Phi) is 4.58. The molecule has 3 rings (SSSR count). The van der Waals surface area contributed by atoms with E-state index in [1.54, 1.807) is 12.1 Å². The molecule has 2 aromatic carbocycles. The quantitative estimate of drug-likeness (QED) is 0.525. The first kappa shape index (κ1) is 18.4. The van der Waals surface area contributed by atoms with E-state index in [1.165, 1.54) is 37.7 Å². The number of aromatic hydroxyl groups is 1. The molecular formula is C17H15N3O6S. The maximum Gasteiger partial charge on any atom is 0.315 e. The summed E-state index contributed by atoms with van der Waals surface area (Å²) >= 11 is 0. The van der Waals surface area contributed by atoms with Crippen molar-refractivity contribution in [1.82, 2.24) is 8.96 Å². The molecule has 0 aliphatic carbocycles. The summed E-state index contributed by atoms with van der Waals surface area (Å²) in [6.45, 7) is 1.83. The lowest BCUT2D eigenvalue weighted by molar-refractivity contribution is -0.385. The Bertz CT molecular complexity index is 1120. The van der Waals surface area contributed by atoms with Crippen LogP contribution in [0.3, 0.4) is 0 Å². The molecule has 0 bridgehead atoms. The van der Waals surface area contributed by atoms with Gasteiger partial charge < -0.3 is 9.84 Å². The van der Waals surface area contributed by atoms with Crippen molar-refractivity contribution in [1.29, 1.82) is 0 Å². The lowest BCUT2D eigenvalue weighted by Crippen LogP contribution is -2.13. The van der Waals surface area contributed by atoms with Gasteiger partial charge in [-0.25, -0.2) is 17.4 Å². The zero-order valence-corrected chi connectivity index (χ0v) is 15.2. The highest BCUT2D eigenvalue weighted by molar-refractivity contribution is 7.90. The molecule has 9 nitrogen and oxygen atoms in total. The van der Waals surface area contributed by atoms with Crippen molar-refractivity contribution in [2.24, 2.45) is 0 Å². The highest BCUT2D eigenvalue weighted by atomic mass is 32.2. The monoisotopic (exact) mass is 389 g/mol. The van der Waals surface area contributed by atoms with Crippen LogP contribution in [-0.4, -0.2) is 34.5 Å². The predicted molar refractivity (Wildman–Crippen MR) is 96.3 cm³/mol. The van der Waals surface area contributed by atoms with Gasteiger partial charge in [0, 0.05) is 24.0 Å². The Morgan fingerprint density at radius 3 is 2.48 bits per heavy atom. The average Bonchev–Trinajstić information content (AvgIpc) is 3.12. The number of hydrogen-bond acceptors (Lipinski definition) is 7. The van der Waals surface area contributed by atoms with Crippen LogP contribution >= 0.6 is 0 Å². The van der Waals surface area contributed by atoms with Crippen LogP contribution in [-0.2, 0) is 10.0 Å². The number of aryl methyl sites for hydroxylation is 1. The summed E-state index contributed by atoms with van der Waals surface area (Å²) in [5.74, 6) is -0.857. The number of hydrogen-bond donors (Lipinski definition) is 1. The first-order valence-corrected chi connectivity index (χ1v) is 9.11. The number of ether oxygens (including phenoxy) is 1. The van der Waals surface area contributed by atoms with Crippen LogP contribution in [0, 0.1) is 17.0 Å². The summed E-state index contributed by atoms with van der Waals surface area (Å²) in [5.41, 5.74) is 0.391. The van der Waals surface area contributed by atoms with Gasteiger partial charge in [-0.3, -0.25) is 10.1 Å². The number of nitro benzene ring substituents is 1. The van der Waals surface area contributed by atoms with E-state index in [1.807, 2.05) is 6.92 Å². The van der Waals surface area contributed by atoms with Gasteiger partial charge in [0.05, 0.1) is 16.9 Å². The van der Waals surface area contributed by atoms with Crippen LogP contribution < -0.4 is 4.74 Å². The van der Waals surface area contributed by atoms with Crippen molar-refractivity contribution in [3.63, 3.8) is 0 Å². The second-order valence-corrected chi connectivity index (χ2v) is 7.48. The van der Waals surface area contributed by atoms with Crippen LogP contribution in [0.2, 0.25) is 0 Å². The van der Waals surface area contributed by atoms with Crippen LogP contribution in [0.4, 0.5) is 5.69 Å². The third kappa shape index (κ3) is 3.22. The van der Waals surface area contributed by atoms with Crippen LogP contribution in [0.5, 0.6) is 11.5 Å². The van der Waals surface area contributed by atoms with E-state index in [9.17, 15) is 23.6 Å². The number of phenolic OH excluding ortho intramolecular Hbond substituents is 1.